The van der Waals surface area contributed by atoms with Crippen LogP contribution < -0.4 is 15.4 Å². The molecular formula is C18H21N5O4. The predicted octanol–water partition coefficient (Wildman–Crippen LogP) is 3.32. The van der Waals surface area contributed by atoms with Crippen LogP contribution in [0.15, 0.2) is 33.2 Å². The summed E-state index contributed by atoms with van der Waals surface area (Å²) in [4.78, 5) is 12.2. The Morgan fingerprint density at radius 1 is 1.26 bits per heavy atom. The smallest absolute Gasteiger partial charge is 0.319 e. The summed E-state index contributed by atoms with van der Waals surface area (Å²) >= 11 is 0. The number of nitrogens with zero attached hydrogens (tertiary/aromatic N) is 3. The van der Waals surface area contributed by atoms with Gasteiger partial charge in [0.25, 0.3) is 0 Å². The van der Waals surface area contributed by atoms with E-state index in [1.165, 1.54) is 7.11 Å². The second kappa shape index (κ2) is 8.35. The Hall–Kier alpha value is -3.36. The minimum absolute atomic E-state index is 0.230. The van der Waals surface area contributed by atoms with E-state index in [1.54, 1.807) is 25.1 Å². The van der Waals surface area contributed by atoms with Gasteiger partial charge in [-0.2, -0.15) is 0 Å². The van der Waals surface area contributed by atoms with E-state index in [0.29, 0.717) is 34.5 Å². The first kappa shape index (κ1) is 18.4. The normalized spacial score (nSPS) is 10.6. The van der Waals surface area contributed by atoms with Crippen molar-refractivity contribution in [3.8, 4) is 17.2 Å². The summed E-state index contributed by atoms with van der Waals surface area (Å²) in [7, 11) is 1.53. The number of nitrogens with one attached hydrogen (secondary N) is 2. The van der Waals surface area contributed by atoms with Gasteiger partial charge in [-0.15, -0.1) is 10.2 Å². The van der Waals surface area contributed by atoms with E-state index in [1.807, 2.05) is 6.07 Å². The highest BCUT2D eigenvalue weighted by molar-refractivity contribution is 5.91. The molecule has 2 aromatic heterocycles. The van der Waals surface area contributed by atoms with Crippen molar-refractivity contribution in [1.82, 2.24) is 20.7 Å². The number of carbonyl (C=O) groups is 1. The number of anilines is 1. The van der Waals surface area contributed by atoms with E-state index in [4.69, 9.17) is 13.7 Å². The second-order valence-electron chi connectivity index (χ2n) is 5.88. The maximum absolute atomic E-state index is 12.2. The summed E-state index contributed by atoms with van der Waals surface area (Å²) < 4.78 is 15.9. The molecule has 2 N–H and O–H groups in total. The lowest BCUT2D eigenvalue weighted by molar-refractivity contribution is 0.250. The van der Waals surface area contributed by atoms with Gasteiger partial charge in [0.15, 0.2) is 5.76 Å². The third kappa shape index (κ3) is 4.63. The number of methoxy groups -OCH3 is 1. The zero-order valence-corrected chi connectivity index (χ0v) is 15.4. The Bertz CT molecular complexity index is 918. The fourth-order valence-corrected chi connectivity index (χ4v) is 2.50. The van der Waals surface area contributed by atoms with Crippen LogP contribution in [0, 0.1) is 6.92 Å². The zero-order valence-electron chi connectivity index (χ0n) is 15.4. The maximum Gasteiger partial charge on any atom is 0.319 e. The number of hydrogen-bond acceptors (Lipinski definition) is 7. The number of aromatic nitrogens is 3. The van der Waals surface area contributed by atoms with Crippen molar-refractivity contribution < 1.29 is 18.5 Å². The first-order valence-corrected chi connectivity index (χ1v) is 8.57. The van der Waals surface area contributed by atoms with Crippen LogP contribution in [-0.4, -0.2) is 28.5 Å². The Morgan fingerprint density at radius 2 is 2.11 bits per heavy atom. The molecule has 0 saturated carbocycles. The summed E-state index contributed by atoms with van der Waals surface area (Å²) in [5.74, 6) is 1.93. The number of ether oxygens (including phenoxy) is 1. The average molecular weight is 371 g/mol. The number of carbonyl (C=O) groups excluding carboxylic acids is 1. The standard InChI is InChI=1S/C18H21N5O4/c1-4-5-13-9-14(27-23-13)10-19-18(24)20-15-8-12(6-7-16(15)25-3)17-22-21-11(2)26-17/h6-9H,4-5,10H2,1-3H3,(H2,19,20,24). The Morgan fingerprint density at radius 3 is 2.81 bits per heavy atom. The van der Waals surface area contributed by atoms with Gasteiger partial charge in [-0.25, -0.2) is 4.79 Å². The van der Waals surface area contributed by atoms with Gasteiger partial charge in [0, 0.05) is 18.6 Å². The molecule has 9 heteroatoms. The monoisotopic (exact) mass is 371 g/mol. The summed E-state index contributed by atoms with van der Waals surface area (Å²) in [5.41, 5.74) is 2.03. The number of rotatable bonds is 7. The third-order valence-electron chi connectivity index (χ3n) is 3.76. The molecule has 1 aromatic carbocycles. The van der Waals surface area contributed by atoms with Gasteiger partial charge in [0.05, 0.1) is 25.0 Å². The van der Waals surface area contributed by atoms with E-state index in [-0.39, 0.29) is 6.54 Å². The lowest BCUT2D eigenvalue weighted by Gasteiger charge is -2.11. The molecule has 0 spiro atoms. The number of benzene rings is 1. The molecule has 3 aromatic rings. The molecule has 0 fully saturated rings. The lowest BCUT2D eigenvalue weighted by Crippen LogP contribution is -2.28. The quantitative estimate of drug-likeness (QED) is 0.654. The molecule has 0 aliphatic carbocycles. The fraction of sp³-hybridized carbons (Fsp3) is 0.333. The number of urea groups is 1. The van der Waals surface area contributed by atoms with Crippen LogP contribution in [0.4, 0.5) is 10.5 Å². The summed E-state index contributed by atoms with van der Waals surface area (Å²) in [6, 6.07) is 6.64. The van der Waals surface area contributed by atoms with Crippen molar-refractivity contribution in [2.24, 2.45) is 0 Å². The molecule has 0 saturated heterocycles. The van der Waals surface area contributed by atoms with Crippen LogP contribution >= 0.6 is 0 Å². The molecule has 0 radical (unpaired) electrons. The van der Waals surface area contributed by atoms with E-state index >= 15 is 0 Å². The van der Waals surface area contributed by atoms with E-state index in [9.17, 15) is 4.79 Å². The molecule has 0 atom stereocenters. The van der Waals surface area contributed by atoms with Gasteiger partial charge in [0.1, 0.15) is 5.75 Å². The van der Waals surface area contributed by atoms with Crippen LogP contribution in [-0.2, 0) is 13.0 Å². The predicted molar refractivity (Wildman–Crippen MR) is 97.4 cm³/mol. The second-order valence-corrected chi connectivity index (χ2v) is 5.88. The minimum atomic E-state index is -0.402. The van der Waals surface area contributed by atoms with Crippen LogP contribution in [0.25, 0.3) is 11.5 Å². The fourth-order valence-electron chi connectivity index (χ4n) is 2.50. The first-order chi connectivity index (χ1) is 13.1. The van der Waals surface area contributed by atoms with Crippen LogP contribution in [0.1, 0.15) is 30.7 Å². The van der Waals surface area contributed by atoms with Gasteiger partial charge in [-0.05, 0) is 24.6 Å². The van der Waals surface area contributed by atoms with E-state index < -0.39 is 6.03 Å². The van der Waals surface area contributed by atoms with Crippen molar-refractivity contribution in [3.63, 3.8) is 0 Å². The number of hydrogen-bond donors (Lipinski definition) is 2. The zero-order chi connectivity index (χ0) is 19.2. The molecule has 0 aliphatic rings. The van der Waals surface area contributed by atoms with E-state index in [2.05, 4.69) is 32.9 Å². The van der Waals surface area contributed by atoms with Crippen molar-refractivity contribution in [1.29, 1.82) is 0 Å². The van der Waals surface area contributed by atoms with Gasteiger partial charge >= 0.3 is 6.03 Å². The largest absolute Gasteiger partial charge is 0.495 e. The molecule has 0 aliphatic heterocycles. The Labute approximate surface area is 156 Å². The van der Waals surface area contributed by atoms with E-state index in [0.717, 1.165) is 18.5 Å². The Balaban J connectivity index is 1.66. The molecule has 2 amide bonds. The maximum atomic E-state index is 12.2. The highest BCUT2D eigenvalue weighted by Gasteiger charge is 2.13. The van der Waals surface area contributed by atoms with Gasteiger partial charge in [-0.3, -0.25) is 0 Å². The third-order valence-corrected chi connectivity index (χ3v) is 3.76. The van der Waals surface area contributed by atoms with Gasteiger partial charge in [0.2, 0.25) is 11.8 Å². The lowest BCUT2D eigenvalue weighted by atomic mass is 10.2. The van der Waals surface area contributed by atoms with Gasteiger partial charge in [-0.1, -0.05) is 18.5 Å². The Kier molecular flexibility index (Phi) is 5.70. The topological polar surface area (TPSA) is 115 Å². The van der Waals surface area contributed by atoms with Crippen molar-refractivity contribution in [2.75, 3.05) is 12.4 Å². The molecule has 2 heterocycles. The molecule has 142 valence electrons. The first-order valence-electron chi connectivity index (χ1n) is 8.57. The van der Waals surface area contributed by atoms with Crippen LogP contribution in [0.2, 0.25) is 0 Å². The van der Waals surface area contributed by atoms with Crippen molar-refractivity contribution in [2.45, 2.75) is 33.2 Å². The molecule has 3 rings (SSSR count). The summed E-state index contributed by atoms with van der Waals surface area (Å²) in [6.45, 7) is 4.01. The number of amides is 2. The molecule has 9 nitrogen and oxygen atoms in total. The molecule has 0 unspecified atom stereocenters. The summed E-state index contributed by atoms with van der Waals surface area (Å²) in [5, 5.41) is 17.2. The van der Waals surface area contributed by atoms with Gasteiger partial charge < -0.3 is 24.3 Å². The summed E-state index contributed by atoms with van der Waals surface area (Å²) in [6.07, 6.45) is 1.82. The highest BCUT2D eigenvalue weighted by Crippen LogP contribution is 2.30. The molecule has 27 heavy (non-hydrogen) atoms. The molecular weight excluding hydrogens is 350 g/mol. The average Bonchev–Trinajstić information content (AvgIpc) is 3.29. The molecule has 0 bridgehead atoms. The van der Waals surface area contributed by atoms with Crippen LogP contribution in [0.3, 0.4) is 0 Å². The number of aryl methyl sites for hydroxylation is 2. The minimum Gasteiger partial charge on any atom is -0.495 e. The van der Waals surface area contributed by atoms with Crippen molar-refractivity contribution in [3.05, 3.63) is 41.6 Å². The highest BCUT2D eigenvalue weighted by atomic mass is 16.5. The van der Waals surface area contributed by atoms with Crippen molar-refractivity contribution >= 4 is 11.7 Å². The SMILES string of the molecule is CCCc1cc(CNC(=O)Nc2cc(-c3nnc(C)o3)ccc2OC)on1. The van der Waals surface area contributed by atoms with Crippen LogP contribution in [0.5, 0.6) is 5.75 Å².